The number of aliphatic hydroxyl groups excluding tert-OH is 1. The van der Waals surface area contributed by atoms with Crippen LogP contribution in [0.2, 0.25) is 0 Å². The first kappa shape index (κ1) is 83.8. The maximum Gasteiger partial charge on any atom is 0.470 e. The van der Waals surface area contributed by atoms with Crippen LogP contribution in [0.1, 0.15) is 330 Å². The lowest BCUT2D eigenvalue weighted by atomic mass is 9.95. The van der Waals surface area contributed by atoms with E-state index in [-0.39, 0.29) is 19.3 Å². The van der Waals surface area contributed by atoms with Crippen molar-refractivity contribution in [3.8, 4) is 0 Å². The van der Waals surface area contributed by atoms with Crippen molar-refractivity contribution in [1.29, 1.82) is 0 Å². The van der Waals surface area contributed by atoms with E-state index < -0.39 is 99.8 Å². The molecule has 0 saturated carbocycles. The zero-order valence-corrected chi connectivity index (χ0v) is 57.6. The van der Waals surface area contributed by atoms with Crippen molar-refractivity contribution >= 4 is 31.6 Å². The van der Waals surface area contributed by atoms with Gasteiger partial charge >= 0.3 is 19.8 Å². The lowest BCUT2D eigenvalue weighted by Gasteiger charge is -2.45. The highest BCUT2D eigenvalue weighted by molar-refractivity contribution is 7.46. The van der Waals surface area contributed by atoms with Gasteiger partial charge in [-0.05, 0) is 38.5 Å². The Labute approximate surface area is 535 Å². The molecule has 1 saturated heterocycles. The van der Waals surface area contributed by atoms with Gasteiger partial charge in [0.2, 0.25) is 11.8 Å². The number of hydrogen-bond donors (Lipinski definition) is 6. The van der Waals surface area contributed by atoms with Crippen LogP contribution in [0.4, 0.5) is 0 Å². The van der Waals surface area contributed by atoms with E-state index in [1.807, 2.05) is 0 Å². The Balaban J connectivity index is 3.66. The molecule has 520 valence electrons. The summed E-state index contributed by atoms with van der Waals surface area (Å²) in [5.41, 5.74) is 0. The minimum atomic E-state index is -5.42. The number of unbranched alkanes of at least 4 members (excludes halogenated alkanes) is 33. The van der Waals surface area contributed by atoms with Crippen LogP contribution in [0.5, 0.6) is 0 Å². The maximum absolute atomic E-state index is 14.6. The van der Waals surface area contributed by atoms with Gasteiger partial charge in [0.15, 0.2) is 18.4 Å². The van der Waals surface area contributed by atoms with Crippen molar-refractivity contribution < 1.29 is 76.7 Å². The average Bonchev–Trinajstić information content (AvgIpc) is 1.64. The van der Waals surface area contributed by atoms with Gasteiger partial charge in [-0.1, -0.05) is 273 Å². The van der Waals surface area contributed by atoms with Crippen LogP contribution in [0.15, 0.2) is 0 Å². The molecule has 0 bridgehead atoms. The Morgan fingerprint density at radius 1 is 0.466 bits per heavy atom. The van der Waals surface area contributed by atoms with Crippen LogP contribution in [-0.2, 0) is 56.7 Å². The first-order chi connectivity index (χ1) is 42.7. The summed E-state index contributed by atoms with van der Waals surface area (Å²) in [4.78, 5) is 76.6. The molecule has 0 aliphatic carbocycles. The summed E-state index contributed by atoms with van der Waals surface area (Å²) in [6.07, 6.45) is 35.0. The number of carbonyl (C=O) groups is 4. The fourth-order valence-electron chi connectivity index (χ4n) is 11.6. The SMILES string of the molecule is CCCCCCCCCCC[C@H](CC(=O)N[C@@H](CO[C@@H]1OC(CO)[C@@H](OP(=O)(O)O)C(OC(=O)C[C@@H](CCCCCCCCCCC)OCCCCCC)[C@@H]1NC(=O)C[C@@H](CCCCCCCCCCC)OCCCCCC)C(=O)O)OCCCCCC. The lowest BCUT2D eigenvalue weighted by molar-refractivity contribution is -0.272. The molecule has 0 spiro atoms. The summed E-state index contributed by atoms with van der Waals surface area (Å²) < 4.78 is 55.8. The molecule has 0 aromatic rings. The molecule has 0 radical (unpaired) electrons. The zero-order valence-electron chi connectivity index (χ0n) is 56.7. The smallest absolute Gasteiger partial charge is 0.470 e. The fraction of sp³-hybridized carbons (Fsp3) is 0.942. The number of aliphatic carboxylic acids is 1. The van der Waals surface area contributed by atoms with Crippen molar-refractivity contribution in [1.82, 2.24) is 10.6 Å². The average molecular weight is 1280 g/mol. The highest BCUT2D eigenvalue weighted by Gasteiger charge is 2.52. The van der Waals surface area contributed by atoms with Gasteiger partial charge in [-0.25, -0.2) is 9.36 Å². The number of esters is 1. The number of hydrogen-bond acceptors (Lipinski definition) is 13. The summed E-state index contributed by atoms with van der Waals surface area (Å²) in [5, 5.41) is 26.9. The Hall–Kier alpha value is -2.25. The van der Waals surface area contributed by atoms with E-state index in [0.717, 1.165) is 154 Å². The molecular weight excluding hydrogens is 1140 g/mol. The summed E-state index contributed by atoms with van der Waals surface area (Å²) >= 11 is 0. The quantitative estimate of drug-likeness (QED) is 0.0188. The summed E-state index contributed by atoms with van der Waals surface area (Å²) in [6, 6.07) is -3.22. The number of carboxylic acids is 1. The number of rotatable bonds is 64. The monoisotopic (exact) mass is 1280 g/mol. The Bertz CT molecular complexity index is 1710. The van der Waals surface area contributed by atoms with Gasteiger partial charge in [0.1, 0.15) is 18.2 Å². The Morgan fingerprint density at radius 2 is 0.807 bits per heavy atom. The first-order valence-corrected chi connectivity index (χ1v) is 37.7. The van der Waals surface area contributed by atoms with Crippen LogP contribution < -0.4 is 10.6 Å². The first-order valence-electron chi connectivity index (χ1n) is 36.1. The van der Waals surface area contributed by atoms with Crippen LogP contribution in [0, 0.1) is 0 Å². The van der Waals surface area contributed by atoms with Gasteiger partial charge < -0.3 is 59.1 Å². The molecule has 0 aromatic heterocycles. The molecule has 6 N–H and O–H groups in total. The molecule has 1 aliphatic rings. The number of ether oxygens (including phenoxy) is 6. The molecule has 1 fully saturated rings. The molecule has 18 nitrogen and oxygen atoms in total. The second kappa shape index (κ2) is 57.4. The number of nitrogens with one attached hydrogen (secondary N) is 2. The van der Waals surface area contributed by atoms with Gasteiger partial charge in [0, 0.05) is 19.8 Å². The van der Waals surface area contributed by atoms with Crippen LogP contribution in [-0.4, -0.2) is 132 Å². The van der Waals surface area contributed by atoms with E-state index in [1.54, 1.807) is 0 Å². The van der Waals surface area contributed by atoms with Crippen molar-refractivity contribution in [3.05, 3.63) is 0 Å². The number of carbonyl (C=O) groups excluding carboxylic acids is 3. The lowest BCUT2D eigenvalue weighted by Crippen LogP contribution is -2.66. The molecule has 19 heteroatoms. The van der Waals surface area contributed by atoms with Gasteiger partial charge in [0.05, 0.1) is 50.8 Å². The molecule has 88 heavy (non-hydrogen) atoms. The zero-order chi connectivity index (χ0) is 64.7. The Morgan fingerprint density at radius 3 is 1.16 bits per heavy atom. The van der Waals surface area contributed by atoms with Crippen molar-refractivity contribution in [2.45, 2.75) is 385 Å². The van der Waals surface area contributed by atoms with E-state index >= 15 is 0 Å². The summed E-state index contributed by atoms with van der Waals surface area (Å²) in [7, 11) is -5.42. The molecule has 1 rings (SSSR count). The van der Waals surface area contributed by atoms with Crippen molar-refractivity contribution in [2.75, 3.05) is 33.0 Å². The highest BCUT2D eigenvalue weighted by atomic mass is 31.2. The van der Waals surface area contributed by atoms with E-state index in [9.17, 15) is 43.7 Å². The molecule has 0 aromatic carbocycles. The molecule has 9 atom stereocenters. The third kappa shape index (κ3) is 45.9. The molecule has 1 aliphatic heterocycles. The van der Waals surface area contributed by atoms with Crippen molar-refractivity contribution in [3.63, 3.8) is 0 Å². The third-order valence-electron chi connectivity index (χ3n) is 16.9. The topological polar surface area (TPSA) is 255 Å². The highest BCUT2D eigenvalue weighted by Crippen LogP contribution is 2.42. The normalized spacial score (nSPS) is 18.4. The number of aliphatic hydroxyl groups is 1. The molecular formula is C69H133N2O16P. The van der Waals surface area contributed by atoms with Crippen LogP contribution in [0.3, 0.4) is 0 Å². The fourth-order valence-corrected chi connectivity index (χ4v) is 12.1. The predicted molar refractivity (Wildman–Crippen MR) is 351 cm³/mol. The minimum Gasteiger partial charge on any atom is -0.480 e. The molecule has 2 amide bonds. The van der Waals surface area contributed by atoms with Gasteiger partial charge in [0.25, 0.3) is 0 Å². The number of amides is 2. The maximum atomic E-state index is 14.6. The van der Waals surface area contributed by atoms with Crippen LogP contribution >= 0.6 is 7.82 Å². The summed E-state index contributed by atoms with van der Waals surface area (Å²) in [5.74, 6) is -3.38. The van der Waals surface area contributed by atoms with Gasteiger partial charge in [-0.15, -0.1) is 0 Å². The van der Waals surface area contributed by atoms with Crippen LogP contribution in [0.25, 0.3) is 0 Å². The predicted octanol–water partition coefficient (Wildman–Crippen LogP) is 16.0. The molecule has 2 unspecified atom stereocenters. The van der Waals surface area contributed by atoms with E-state index in [4.69, 9.17) is 32.9 Å². The number of phosphoric ester groups is 1. The summed E-state index contributed by atoms with van der Waals surface area (Å²) in [6.45, 7) is 12.7. The third-order valence-corrected chi connectivity index (χ3v) is 17.4. The minimum absolute atomic E-state index is 0.0807. The van der Waals surface area contributed by atoms with Crippen molar-refractivity contribution in [2.24, 2.45) is 0 Å². The van der Waals surface area contributed by atoms with E-state index in [2.05, 4.69) is 52.2 Å². The van der Waals surface area contributed by atoms with Gasteiger partial charge in [-0.2, -0.15) is 0 Å². The number of carboxylic acid groups (broad SMARTS) is 1. The second-order valence-corrected chi connectivity index (χ2v) is 26.4. The Kier molecular flexibility index (Phi) is 54.7. The van der Waals surface area contributed by atoms with E-state index in [0.29, 0.717) is 39.1 Å². The van der Waals surface area contributed by atoms with E-state index in [1.165, 1.54) is 96.3 Å². The number of phosphoric acid groups is 1. The molecule has 1 heterocycles. The second-order valence-electron chi connectivity index (χ2n) is 25.2. The standard InChI is InChI=1S/C69H133N2O16P/c1-7-13-19-25-28-31-34-37-40-46-57(81-49-43-22-16-10-4)52-62(73)70-60(68(76)77)56-84-69-65(71-63(74)53-58(82-50-44-23-17-11-5)47-41-38-35-32-29-26-20-14-8-2)67(66(61(55-72)85-69)87-88(78,79)80)86-64(75)54-59(83-51-45-24-18-12-6)48-42-39-36-33-30-27-21-15-9-3/h57-61,65-67,69,72H,7-56H2,1-6H3,(H,70,73)(H,71,74)(H,76,77)(H2,78,79,80)/t57-,58-,59-,60+,61?,65+,66-,67?,69-/m1/s1. The largest absolute Gasteiger partial charge is 0.480 e. The van der Waals surface area contributed by atoms with Gasteiger partial charge in [-0.3, -0.25) is 18.9 Å².